The Hall–Kier alpha value is -2.27. The SMILES string of the molecule is Cc1ccccc1N(C)Cc1cccc(C#N)c1. The van der Waals surface area contributed by atoms with E-state index in [0.29, 0.717) is 5.56 Å². The first-order valence-corrected chi connectivity index (χ1v) is 5.96. The van der Waals surface area contributed by atoms with Crippen molar-refractivity contribution in [1.82, 2.24) is 0 Å². The molecule has 2 nitrogen and oxygen atoms in total. The van der Waals surface area contributed by atoms with Crippen LogP contribution in [0.3, 0.4) is 0 Å². The lowest BCUT2D eigenvalue weighted by molar-refractivity contribution is 0.917. The fraction of sp³-hybridized carbons (Fsp3) is 0.188. The third-order valence-corrected chi connectivity index (χ3v) is 3.00. The number of hydrogen-bond acceptors (Lipinski definition) is 2. The molecule has 0 aliphatic heterocycles. The van der Waals surface area contributed by atoms with Crippen LogP contribution < -0.4 is 4.90 Å². The molecule has 0 aliphatic carbocycles. The molecule has 0 fully saturated rings. The third-order valence-electron chi connectivity index (χ3n) is 3.00. The van der Waals surface area contributed by atoms with E-state index in [1.165, 1.54) is 11.3 Å². The van der Waals surface area contributed by atoms with Crippen LogP contribution in [0.2, 0.25) is 0 Å². The van der Waals surface area contributed by atoms with Crippen molar-refractivity contribution in [1.29, 1.82) is 5.26 Å². The first-order chi connectivity index (χ1) is 8.70. The highest BCUT2D eigenvalue weighted by Gasteiger charge is 2.04. The van der Waals surface area contributed by atoms with Crippen LogP contribution in [0, 0.1) is 18.3 Å². The minimum atomic E-state index is 0.714. The van der Waals surface area contributed by atoms with Gasteiger partial charge in [0.05, 0.1) is 11.6 Å². The van der Waals surface area contributed by atoms with Gasteiger partial charge in [0.1, 0.15) is 0 Å². The monoisotopic (exact) mass is 236 g/mol. The van der Waals surface area contributed by atoms with Crippen molar-refractivity contribution in [2.45, 2.75) is 13.5 Å². The van der Waals surface area contributed by atoms with Crippen molar-refractivity contribution in [2.24, 2.45) is 0 Å². The summed E-state index contributed by atoms with van der Waals surface area (Å²) in [6.07, 6.45) is 0. The largest absolute Gasteiger partial charge is 0.370 e. The molecule has 0 bridgehead atoms. The van der Waals surface area contributed by atoms with Crippen LogP contribution in [0.15, 0.2) is 48.5 Å². The summed E-state index contributed by atoms with van der Waals surface area (Å²) < 4.78 is 0. The molecule has 0 amide bonds. The lowest BCUT2D eigenvalue weighted by Gasteiger charge is -2.21. The summed E-state index contributed by atoms with van der Waals surface area (Å²) in [5, 5.41) is 8.89. The Morgan fingerprint density at radius 3 is 2.61 bits per heavy atom. The maximum atomic E-state index is 8.89. The Balaban J connectivity index is 2.19. The first-order valence-electron chi connectivity index (χ1n) is 5.96. The van der Waals surface area contributed by atoms with Gasteiger partial charge < -0.3 is 4.90 Å². The average Bonchev–Trinajstić information content (AvgIpc) is 2.39. The number of rotatable bonds is 3. The van der Waals surface area contributed by atoms with Crippen LogP contribution in [0.5, 0.6) is 0 Å². The number of nitrogens with zero attached hydrogens (tertiary/aromatic N) is 2. The highest BCUT2D eigenvalue weighted by Crippen LogP contribution is 2.20. The maximum Gasteiger partial charge on any atom is 0.0991 e. The summed E-state index contributed by atoms with van der Waals surface area (Å²) in [6, 6.07) is 18.2. The van der Waals surface area contributed by atoms with Gasteiger partial charge in [0.25, 0.3) is 0 Å². The molecule has 2 rings (SSSR count). The second kappa shape index (κ2) is 5.37. The average molecular weight is 236 g/mol. The Kier molecular flexibility index (Phi) is 3.64. The van der Waals surface area contributed by atoms with Crippen LogP contribution in [0.25, 0.3) is 0 Å². The Morgan fingerprint density at radius 1 is 1.11 bits per heavy atom. The van der Waals surface area contributed by atoms with Crippen molar-refractivity contribution < 1.29 is 0 Å². The molecule has 2 heteroatoms. The van der Waals surface area contributed by atoms with Gasteiger partial charge in [0.2, 0.25) is 0 Å². The van der Waals surface area contributed by atoms with Crippen LogP contribution in [-0.2, 0) is 6.54 Å². The van der Waals surface area contributed by atoms with Gasteiger partial charge in [-0.15, -0.1) is 0 Å². The Bertz CT molecular complexity index is 582. The Labute approximate surface area is 108 Å². The zero-order valence-corrected chi connectivity index (χ0v) is 10.7. The maximum absolute atomic E-state index is 8.89. The Morgan fingerprint density at radius 2 is 1.89 bits per heavy atom. The quantitative estimate of drug-likeness (QED) is 0.815. The van der Waals surface area contributed by atoms with E-state index in [1.807, 2.05) is 30.3 Å². The summed E-state index contributed by atoms with van der Waals surface area (Å²) >= 11 is 0. The molecule has 0 unspecified atom stereocenters. The normalized spacial score (nSPS) is 9.83. The molecule has 0 heterocycles. The summed E-state index contributed by atoms with van der Waals surface area (Å²) in [5.74, 6) is 0. The second-order valence-corrected chi connectivity index (χ2v) is 4.45. The van der Waals surface area contributed by atoms with E-state index in [-0.39, 0.29) is 0 Å². The molecule has 0 aliphatic rings. The lowest BCUT2D eigenvalue weighted by atomic mass is 10.1. The molecule has 0 aromatic heterocycles. The smallest absolute Gasteiger partial charge is 0.0991 e. The van der Waals surface area contributed by atoms with E-state index in [9.17, 15) is 0 Å². The van der Waals surface area contributed by atoms with E-state index in [1.54, 1.807) is 0 Å². The minimum Gasteiger partial charge on any atom is -0.370 e. The fourth-order valence-electron chi connectivity index (χ4n) is 2.09. The van der Waals surface area contributed by atoms with Gasteiger partial charge in [0, 0.05) is 19.3 Å². The van der Waals surface area contributed by atoms with Crippen molar-refractivity contribution in [3.05, 3.63) is 65.2 Å². The zero-order valence-electron chi connectivity index (χ0n) is 10.7. The third kappa shape index (κ3) is 2.70. The van der Waals surface area contributed by atoms with E-state index in [2.05, 4.69) is 43.1 Å². The summed E-state index contributed by atoms with van der Waals surface area (Å²) in [7, 11) is 2.07. The molecule has 90 valence electrons. The first kappa shape index (κ1) is 12.2. The van der Waals surface area contributed by atoms with Gasteiger partial charge >= 0.3 is 0 Å². The molecular weight excluding hydrogens is 220 g/mol. The van der Waals surface area contributed by atoms with Gasteiger partial charge in [-0.3, -0.25) is 0 Å². The molecule has 18 heavy (non-hydrogen) atoms. The van der Waals surface area contributed by atoms with Crippen molar-refractivity contribution >= 4 is 5.69 Å². The number of hydrogen-bond donors (Lipinski definition) is 0. The number of benzene rings is 2. The topological polar surface area (TPSA) is 27.0 Å². The van der Waals surface area contributed by atoms with E-state index < -0.39 is 0 Å². The molecule has 0 N–H and O–H groups in total. The predicted molar refractivity (Wildman–Crippen MR) is 74.4 cm³/mol. The predicted octanol–water partition coefficient (Wildman–Crippen LogP) is 3.50. The summed E-state index contributed by atoms with van der Waals surface area (Å²) in [5.41, 5.74) is 4.35. The van der Waals surface area contributed by atoms with Gasteiger partial charge in [-0.2, -0.15) is 5.26 Å². The summed E-state index contributed by atoms with van der Waals surface area (Å²) in [4.78, 5) is 2.20. The number of nitriles is 1. The van der Waals surface area contributed by atoms with Crippen LogP contribution in [0.4, 0.5) is 5.69 Å². The van der Waals surface area contributed by atoms with Gasteiger partial charge in [-0.05, 0) is 36.2 Å². The van der Waals surface area contributed by atoms with E-state index in [0.717, 1.165) is 12.1 Å². The van der Waals surface area contributed by atoms with Crippen molar-refractivity contribution in [3.8, 4) is 6.07 Å². The number of anilines is 1. The molecule has 0 saturated carbocycles. The molecule has 0 spiro atoms. The highest BCUT2D eigenvalue weighted by atomic mass is 15.1. The van der Waals surface area contributed by atoms with Crippen LogP contribution in [-0.4, -0.2) is 7.05 Å². The molecule has 0 saturated heterocycles. The highest BCUT2D eigenvalue weighted by molar-refractivity contribution is 5.52. The molecule has 0 atom stereocenters. The van der Waals surface area contributed by atoms with Crippen molar-refractivity contribution in [2.75, 3.05) is 11.9 Å². The molecular formula is C16H16N2. The van der Waals surface area contributed by atoms with E-state index >= 15 is 0 Å². The number of aryl methyl sites for hydroxylation is 1. The molecule has 0 radical (unpaired) electrons. The lowest BCUT2D eigenvalue weighted by Crippen LogP contribution is -2.17. The summed E-state index contributed by atoms with van der Waals surface area (Å²) in [6.45, 7) is 2.91. The molecule has 2 aromatic carbocycles. The van der Waals surface area contributed by atoms with Gasteiger partial charge in [0.15, 0.2) is 0 Å². The van der Waals surface area contributed by atoms with Gasteiger partial charge in [-0.25, -0.2) is 0 Å². The van der Waals surface area contributed by atoms with Gasteiger partial charge in [-0.1, -0.05) is 30.3 Å². The van der Waals surface area contributed by atoms with Crippen molar-refractivity contribution in [3.63, 3.8) is 0 Å². The minimum absolute atomic E-state index is 0.714. The standard InChI is InChI=1S/C16H16N2/c1-13-6-3-4-9-16(13)18(2)12-15-8-5-7-14(10-15)11-17/h3-10H,12H2,1-2H3. The zero-order chi connectivity index (χ0) is 13.0. The molecule has 2 aromatic rings. The van der Waals surface area contributed by atoms with Crippen LogP contribution in [0.1, 0.15) is 16.7 Å². The second-order valence-electron chi connectivity index (χ2n) is 4.45. The van der Waals surface area contributed by atoms with E-state index in [4.69, 9.17) is 5.26 Å². The van der Waals surface area contributed by atoms with Crippen LogP contribution >= 0.6 is 0 Å². The fourth-order valence-corrected chi connectivity index (χ4v) is 2.09. The number of para-hydroxylation sites is 1.